The van der Waals surface area contributed by atoms with E-state index in [1.54, 1.807) is 7.11 Å². The van der Waals surface area contributed by atoms with Crippen molar-refractivity contribution in [2.75, 3.05) is 20.7 Å². The van der Waals surface area contributed by atoms with Gasteiger partial charge in [-0.3, -0.25) is 0 Å². The Morgan fingerprint density at radius 2 is 2.33 bits per heavy atom. The van der Waals surface area contributed by atoms with Crippen LogP contribution in [0.1, 0.15) is 29.9 Å². The number of ether oxygens (including phenoxy) is 1. The van der Waals surface area contributed by atoms with Gasteiger partial charge >= 0.3 is 0 Å². The Bertz CT molecular complexity index is 335. The van der Waals surface area contributed by atoms with Gasteiger partial charge in [0.25, 0.3) is 0 Å². The van der Waals surface area contributed by atoms with E-state index in [0.29, 0.717) is 5.92 Å². The van der Waals surface area contributed by atoms with Gasteiger partial charge in [0.2, 0.25) is 0 Å². The van der Waals surface area contributed by atoms with Crippen molar-refractivity contribution in [3.63, 3.8) is 0 Å². The van der Waals surface area contributed by atoms with Crippen molar-refractivity contribution in [2.45, 2.75) is 25.2 Å². The van der Waals surface area contributed by atoms with Crippen LogP contribution in [0.2, 0.25) is 0 Å². The molecule has 15 heavy (non-hydrogen) atoms. The van der Waals surface area contributed by atoms with Crippen LogP contribution in [-0.4, -0.2) is 20.7 Å². The molecule has 1 aliphatic carbocycles. The van der Waals surface area contributed by atoms with E-state index in [1.165, 1.54) is 30.4 Å². The van der Waals surface area contributed by atoms with E-state index < -0.39 is 0 Å². The molecule has 0 fully saturated rings. The van der Waals surface area contributed by atoms with E-state index in [2.05, 4.69) is 23.5 Å². The highest BCUT2D eigenvalue weighted by molar-refractivity contribution is 5.39. The first kappa shape index (κ1) is 10.5. The van der Waals surface area contributed by atoms with Crippen molar-refractivity contribution < 1.29 is 4.74 Å². The van der Waals surface area contributed by atoms with Gasteiger partial charge in [0.1, 0.15) is 5.75 Å². The molecule has 2 rings (SSSR count). The van der Waals surface area contributed by atoms with Crippen molar-refractivity contribution in [3.05, 3.63) is 29.3 Å². The Kier molecular flexibility index (Phi) is 3.27. The number of hydrogen-bond acceptors (Lipinski definition) is 2. The van der Waals surface area contributed by atoms with Gasteiger partial charge in [-0.15, -0.1) is 0 Å². The van der Waals surface area contributed by atoms with Crippen molar-refractivity contribution in [2.24, 2.45) is 0 Å². The van der Waals surface area contributed by atoms with Crippen molar-refractivity contribution in [3.8, 4) is 5.75 Å². The van der Waals surface area contributed by atoms with Gasteiger partial charge in [0.15, 0.2) is 0 Å². The molecule has 1 aromatic carbocycles. The van der Waals surface area contributed by atoms with Crippen LogP contribution in [-0.2, 0) is 6.42 Å². The molecule has 0 saturated carbocycles. The second-order valence-electron chi connectivity index (χ2n) is 4.21. The first-order chi connectivity index (χ1) is 7.35. The van der Waals surface area contributed by atoms with Gasteiger partial charge in [-0.1, -0.05) is 6.07 Å². The fourth-order valence-corrected chi connectivity index (χ4v) is 2.48. The topological polar surface area (TPSA) is 21.3 Å². The molecule has 1 N–H and O–H groups in total. The van der Waals surface area contributed by atoms with Gasteiger partial charge in [0, 0.05) is 6.54 Å². The molecule has 0 heterocycles. The maximum atomic E-state index is 5.26. The lowest BCUT2D eigenvalue weighted by Crippen LogP contribution is -2.21. The third-order valence-electron chi connectivity index (χ3n) is 3.24. The van der Waals surface area contributed by atoms with E-state index in [9.17, 15) is 0 Å². The summed E-state index contributed by atoms with van der Waals surface area (Å²) in [6.45, 7) is 1.08. The van der Waals surface area contributed by atoms with Gasteiger partial charge in [-0.05, 0) is 55.5 Å². The van der Waals surface area contributed by atoms with E-state index in [1.807, 2.05) is 7.05 Å². The fraction of sp³-hybridized carbons (Fsp3) is 0.538. The van der Waals surface area contributed by atoms with E-state index >= 15 is 0 Å². The second-order valence-corrected chi connectivity index (χ2v) is 4.21. The van der Waals surface area contributed by atoms with Crippen LogP contribution in [0.5, 0.6) is 5.75 Å². The van der Waals surface area contributed by atoms with Crippen LogP contribution in [0.3, 0.4) is 0 Å². The Morgan fingerprint density at radius 3 is 3.07 bits per heavy atom. The number of aryl methyl sites for hydroxylation is 1. The van der Waals surface area contributed by atoms with Crippen LogP contribution >= 0.6 is 0 Å². The molecule has 82 valence electrons. The summed E-state index contributed by atoms with van der Waals surface area (Å²) in [7, 11) is 3.76. The minimum absolute atomic E-state index is 0.685. The third-order valence-corrected chi connectivity index (χ3v) is 3.24. The predicted octanol–water partition coefficient (Wildman–Crippen LogP) is 2.33. The molecule has 0 bridgehead atoms. The van der Waals surface area contributed by atoms with Crippen LogP contribution in [0, 0.1) is 0 Å². The normalized spacial score (nSPS) is 19.7. The summed E-state index contributed by atoms with van der Waals surface area (Å²) < 4.78 is 5.26. The Morgan fingerprint density at radius 1 is 1.47 bits per heavy atom. The van der Waals surface area contributed by atoms with Crippen LogP contribution in [0.4, 0.5) is 0 Å². The molecule has 0 aliphatic heterocycles. The van der Waals surface area contributed by atoms with Crippen molar-refractivity contribution in [1.82, 2.24) is 5.32 Å². The molecule has 0 amide bonds. The molecule has 1 aromatic rings. The van der Waals surface area contributed by atoms with Crippen LogP contribution in [0.25, 0.3) is 0 Å². The highest BCUT2D eigenvalue weighted by Gasteiger charge is 2.19. The summed E-state index contributed by atoms with van der Waals surface area (Å²) >= 11 is 0. The zero-order chi connectivity index (χ0) is 10.7. The number of hydrogen-bond donors (Lipinski definition) is 1. The quantitative estimate of drug-likeness (QED) is 0.817. The average Bonchev–Trinajstić information content (AvgIpc) is 2.29. The first-order valence-corrected chi connectivity index (χ1v) is 5.66. The average molecular weight is 205 g/mol. The summed E-state index contributed by atoms with van der Waals surface area (Å²) in [5.41, 5.74) is 2.98. The first-order valence-electron chi connectivity index (χ1n) is 5.66. The van der Waals surface area contributed by atoms with Gasteiger partial charge in [0.05, 0.1) is 7.11 Å². The summed E-state index contributed by atoms with van der Waals surface area (Å²) in [6, 6.07) is 6.50. The largest absolute Gasteiger partial charge is 0.497 e. The minimum Gasteiger partial charge on any atom is -0.497 e. The molecular weight excluding hydrogens is 186 g/mol. The number of rotatable bonds is 3. The molecule has 0 radical (unpaired) electrons. The number of benzene rings is 1. The molecule has 0 saturated heterocycles. The Hall–Kier alpha value is -1.02. The molecule has 2 nitrogen and oxygen atoms in total. The van der Waals surface area contributed by atoms with Crippen molar-refractivity contribution in [1.29, 1.82) is 0 Å². The van der Waals surface area contributed by atoms with Gasteiger partial charge in [-0.25, -0.2) is 0 Å². The summed E-state index contributed by atoms with van der Waals surface area (Å²) in [6.07, 6.45) is 3.80. The highest BCUT2D eigenvalue weighted by Crippen LogP contribution is 2.33. The lowest BCUT2D eigenvalue weighted by Gasteiger charge is -2.25. The van der Waals surface area contributed by atoms with Crippen LogP contribution in [0.15, 0.2) is 18.2 Å². The lowest BCUT2D eigenvalue weighted by molar-refractivity contribution is 0.412. The van der Waals surface area contributed by atoms with E-state index in [4.69, 9.17) is 4.74 Å². The third kappa shape index (κ3) is 2.15. The smallest absolute Gasteiger partial charge is 0.119 e. The molecule has 1 atom stereocenters. The predicted molar refractivity (Wildman–Crippen MR) is 62.6 cm³/mol. The Balaban J connectivity index is 2.28. The van der Waals surface area contributed by atoms with Gasteiger partial charge < -0.3 is 10.1 Å². The molecule has 1 aliphatic rings. The summed E-state index contributed by atoms with van der Waals surface area (Å²) in [4.78, 5) is 0. The Labute approximate surface area is 91.6 Å². The standard InChI is InChI=1S/C13H19NO/c1-14-9-11-5-3-4-10-8-12(15-2)6-7-13(10)11/h6-8,11,14H,3-5,9H2,1-2H3. The zero-order valence-electron chi connectivity index (χ0n) is 9.55. The SMILES string of the molecule is CNCC1CCCc2cc(OC)ccc21. The summed E-state index contributed by atoms with van der Waals surface area (Å²) in [5.74, 6) is 1.67. The monoisotopic (exact) mass is 205 g/mol. The minimum atomic E-state index is 0.685. The summed E-state index contributed by atoms with van der Waals surface area (Å²) in [5, 5.41) is 3.28. The van der Waals surface area contributed by atoms with Crippen LogP contribution < -0.4 is 10.1 Å². The number of methoxy groups -OCH3 is 1. The number of nitrogens with one attached hydrogen (secondary N) is 1. The van der Waals surface area contributed by atoms with Crippen molar-refractivity contribution >= 4 is 0 Å². The molecule has 0 spiro atoms. The molecule has 2 heteroatoms. The number of likely N-dealkylation sites (N-methyl/N-ethyl adjacent to an activating group) is 1. The molecule has 1 unspecified atom stereocenters. The zero-order valence-corrected chi connectivity index (χ0v) is 9.55. The second kappa shape index (κ2) is 4.67. The maximum Gasteiger partial charge on any atom is 0.119 e. The highest BCUT2D eigenvalue weighted by atomic mass is 16.5. The molecule has 0 aromatic heterocycles. The lowest BCUT2D eigenvalue weighted by atomic mass is 9.83. The van der Waals surface area contributed by atoms with Gasteiger partial charge in [-0.2, -0.15) is 0 Å². The molecular formula is C13H19NO. The van der Waals surface area contributed by atoms with E-state index in [-0.39, 0.29) is 0 Å². The number of fused-ring (bicyclic) bond motifs is 1. The maximum absolute atomic E-state index is 5.26. The fourth-order valence-electron chi connectivity index (χ4n) is 2.48. The van der Waals surface area contributed by atoms with E-state index in [0.717, 1.165) is 12.3 Å².